The Morgan fingerprint density at radius 2 is 2.08 bits per heavy atom. The summed E-state index contributed by atoms with van der Waals surface area (Å²) in [6.07, 6.45) is 3.69. The number of aromatic nitrogens is 1. The molecule has 1 fully saturated rings. The lowest BCUT2D eigenvalue weighted by atomic mass is 9.85. The Morgan fingerprint density at radius 1 is 1.31 bits per heavy atom. The number of nitrogens with zero attached hydrogens (tertiary/aromatic N) is 2. The average molecular weight is 354 g/mol. The molecule has 2 heterocycles. The van der Waals surface area contributed by atoms with Crippen LogP contribution in [0.15, 0.2) is 30.5 Å². The van der Waals surface area contributed by atoms with Gasteiger partial charge in [0.2, 0.25) is 0 Å². The van der Waals surface area contributed by atoms with Crippen molar-refractivity contribution in [2.75, 3.05) is 18.0 Å². The van der Waals surface area contributed by atoms with Gasteiger partial charge in [-0.3, -0.25) is 9.78 Å². The molecule has 0 saturated carbocycles. The maximum atomic E-state index is 12.3. The van der Waals surface area contributed by atoms with Crippen LogP contribution in [0.5, 0.6) is 0 Å². The molecule has 0 spiro atoms. The largest absolute Gasteiger partial charge is 0.390 e. The van der Waals surface area contributed by atoms with E-state index in [1.165, 1.54) is 16.6 Å². The highest BCUT2D eigenvalue weighted by Crippen LogP contribution is 2.34. The number of rotatable bonds is 5. The van der Waals surface area contributed by atoms with Gasteiger partial charge in [-0.2, -0.15) is 0 Å². The van der Waals surface area contributed by atoms with Crippen LogP contribution >= 0.6 is 0 Å². The zero-order valence-corrected chi connectivity index (χ0v) is 16.3. The van der Waals surface area contributed by atoms with Crippen molar-refractivity contribution in [2.24, 2.45) is 11.8 Å². The summed E-state index contributed by atoms with van der Waals surface area (Å²) in [4.78, 5) is 19.3. The predicted molar refractivity (Wildman–Crippen MR) is 107 cm³/mol. The molecule has 0 amide bonds. The molecule has 1 aliphatic rings. The van der Waals surface area contributed by atoms with Gasteiger partial charge < -0.3 is 10.0 Å². The number of aliphatic hydroxyl groups is 1. The van der Waals surface area contributed by atoms with Gasteiger partial charge >= 0.3 is 0 Å². The monoisotopic (exact) mass is 354 g/mol. The molecule has 26 heavy (non-hydrogen) atoms. The molecule has 1 aromatic heterocycles. The van der Waals surface area contributed by atoms with Crippen LogP contribution < -0.4 is 4.90 Å². The number of benzene rings is 1. The minimum absolute atomic E-state index is 0.159. The number of ketones is 1. The van der Waals surface area contributed by atoms with E-state index in [1.54, 1.807) is 13.8 Å². The molecule has 4 nitrogen and oxygen atoms in total. The highest BCUT2D eigenvalue weighted by Gasteiger charge is 2.29. The lowest BCUT2D eigenvalue weighted by molar-refractivity contribution is -0.123. The van der Waals surface area contributed by atoms with Crippen molar-refractivity contribution in [3.05, 3.63) is 36.0 Å². The van der Waals surface area contributed by atoms with Gasteiger partial charge in [0.05, 0.1) is 11.1 Å². The smallest absolute Gasteiger partial charge is 0.136 e. The molecular weight excluding hydrogens is 324 g/mol. The number of hydrogen-bond donors (Lipinski definition) is 1. The summed E-state index contributed by atoms with van der Waals surface area (Å²) in [7, 11) is 0. The third kappa shape index (κ3) is 4.42. The zero-order chi connectivity index (χ0) is 18.9. The summed E-state index contributed by atoms with van der Waals surface area (Å²) in [5, 5.41) is 11.1. The summed E-state index contributed by atoms with van der Waals surface area (Å²) < 4.78 is 0. The number of anilines is 1. The first kappa shape index (κ1) is 18.8. The first-order valence-electron chi connectivity index (χ1n) is 9.56. The van der Waals surface area contributed by atoms with Gasteiger partial charge in [-0.05, 0) is 62.8 Å². The van der Waals surface area contributed by atoms with Crippen LogP contribution in [0.25, 0.3) is 10.9 Å². The van der Waals surface area contributed by atoms with Crippen LogP contribution in [-0.4, -0.2) is 34.6 Å². The molecule has 3 rings (SSSR count). The SMILES string of the molecule is Cc1ccc(N2C[C@@H](C)C[C@@H](CC(=O)CC(C)(C)O)C2)c2cccnc12. The highest BCUT2D eigenvalue weighted by molar-refractivity contribution is 5.93. The summed E-state index contributed by atoms with van der Waals surface area (Å²) in [6.45, 7) is 9.64. The van der Waals surface area contributed by atoms with E-state index in [0.717, 1.165) is 25.0 Å². The van der Waals surface area contributed by atoms with E-state index in [-0.39, 0.29) is 12.2 Å². The van der Waals surface area contributed by atoms with E-state index in [9.17, 15) is 9.90 Å². The lowest BCUT2D eigenvalue weighted by Gasteiger charge is -2.38. The van der Waals surface area contributed by atoms with E-state index in [0.29, 0.717) is 18.3 Å². The fraction of sp³-hybridized carbons (Fsp3) is 0.545. The summed E-state index contributed by atoms with van der Waals surface area (Å²) in [5.41, 5.74) is 2.53. The van der Waals surface area contributed by atoms with Gasteiger partial charge in [0, 0.05) is 43.2 Å². The summed E-state index contributed by atoms with van der Waals surface area (Å²) in [5.74, 6) is 1.03. The van der Waals surface area contributed by atoms with E-state index < -0.39 is 5.60 Å². The zero-order valence-electron chi connectivity index (χ0n) is 16.3. The van der Waals surface area contributed by atoms with Crippen molar-refractivity contribution >= 4 is 22.4 Å². The van der Waals surface area contributed by atoms with Gasteiger partial charge in [0.15, 0.2) is 0 Å². The first-order valence-corrected chi connectivity index (χ1v) is 9.56. The van der Waals surface area contributed by atoms with Gasteiger partial charge in [-0.15, -0.1) is 0 Å². The highest BCUT2D eigenvalue weighted by atomic mass is 16.3. The molecule has 1 N–H and O–H groups in total. The second-order valence-electron chi connectivity index (χ2n) is 8.65. The molecule has 0 unspecified atom stereocenters. The number of aryl methyl sites for hydroxylation is 1. The molecule has 1 aliphatic heterocycles. The lowest BCUT2D eigenvalue weighted by Crippen LogP contribution is -2.41. The molecule has 0 aliphatic carbocycles. The van der Waals surface area contributed by atoms with E-state index >= 15 is 0 Å². The number of carbonyl (C=O) groups excluding carboxylic acids is 1. The quantitative estimate of drug-likeness (QED) is 0.877. The third-order valence-electron chi connectivity index (χ3n) is 5.18. The molecule has 2 atom stereocenters. The fourth-order valence-corrected chi connectivity index (χ4v) is 4.28. The van der Waals surface area contributed by atoms with Gasteiger partial charge in [0.1, 0.15) is 5.78 Å². The topological polar surface area (TPSA) is 53.4 Å². The van der Waals surface area contributed by atoms with Crippen molar-refractivity contribution in [1.29, 1.82) is 0 Å². The standard InChI is InChI=1S/C22H30N2O2/c1-15-10-17(11-18(25)12-22(3,4)26)14-24(13-15)20-8-7-16(2)21-19(20)6-5-9-23-21/h5-9,15,17,26H,10-14H2,1-4H3/t15-,17-/m0/s1. The number of hydrogen-bond acceptors (Lipinski definition) is 4. The van der Waals surface area contributed by atoms with Crippen molar-refractivity contribution < 1.29 is 9.90 Å². The van der Waals surface area contributed by atoms with Crippen LogP contribution in [0.3, 0.4) is 0 Å². The van der Waals surface area contributed by atoms with Crippen LogP contribution in [0.4, 0.5) is 5.69 Å². The van der Waals surface area contributed by atoms with Crippen LogP contribution in [-0.2, 0) is 4.79 Å². The van der Waals surface area contributed by atoms with Crippen molar-refractivity contribution in [2.45, 2.75) is 52.6 Å². The molecule has 140 valence electrons. The Morgan fingerprint density at radius 3 is 2.81 bits per heavy atom. The second-order valence-corrected chi connectivity index (χ2v) is 8.65. The Balaban J connectivity index is 1.81. The Kier molecular flexibility index (Phi) is 5.33. The van der Waals surface area contributed by atoms with E-state index in [2.05, 4.69) is 41.9 Å². The van der Waals surface area contributed by atoms with Crippen molar-refractivity contribution in [3.63, 3.8) is 0 Å². The number of fused-ring (bicyclic) bond motifs is 1. The molecule has 2 aromatic rings. The van der Waals surface area contributed by atoms with Crippen LogP contribution in [0.2, 0.25) is 0 Å². The van der Waals surface area contributed by atoms with Gasteiger partial charge in [-0.1, -0.05) is 13.0 Å². The van der Waals surface area contributed by atoms with Crippen molar-refractivity contribution in [3.8, 4) is 0 Å². The maximum Gasteiger partial charge on any atom is 0.136 e. The number of pyridine rings is 1. The molecule has 0 radical (unpaired) electrons. The van der Waals surface area contributed by atoms with Crippen LogP contribution in [0.1, 0.15) is 45.6 Å². The average Bonchev–Trinajstić information content (AvgIpc) is 2.53. The predicted octanol–water partition coefficient (Wildman–Crippen LogP) is 4.13. The summed E-state index contributed by atoms with van der Waals surface area (Å²) >= 11 is 0. The van der Waals surface area contributed by atoms with E-state index in [1.807, 2.05) is 12.3 Å². The fourth-order valence-electron chi connectivity index (χ4n) is 4.28. The normalized spacial score (nSPS) is 21.2. The van der Waals surface area contributed by atoms with E-state index in [4.69, 9.17) is 0 Å². The van der Waals surface area contributed by atoms with Gasteiger partial charge in [0.25, 0.3) is 0 Å². The minimum atomic E-state index is -0.921. The molecule has 1 aromatic carbocycles. The van der Waals surface area contributed by atoms with Gasteiger partial charge in [-0.25, -0.2) is 0 Å². The van der Waals surface area contributed by atoms with Crippen molar-refractivity contribution in [1.82, 2.24) is 4.98 Å². The Hall–Kier alpha value is -1.94. The third-order valence-corrected chi connectivity index (χ3v) is 5.18. The number of carbonyl (C=O) groups is 1. The minimum Gasteiger partial charge on any atom is -0.390 e. The Labute approximate surface area is 156 Å². The number of Topliss-reactive ketones (excluding diaryl/α,β-unsaturated/α-hetero) is 1. The maximum absolute atomic E-state index is 12.3. The number of piperidine rings is 1. The van der Waals surface area contributed by atoms with Crippen LogP contribution in [0, 0.1) is 18.8 Å². The first-order chi connectivity index (χ1) is 12.2. The molecule has 0 bridgehead atoms. The molecule has 4 heteroatoms. The second kappa shape index (κ2) is 7.36. The Bertz CT molecular complexity index is 794. The molecular formula is C22H30N2O2. The summed E-state index contributed by atoms with van der Waals surface area (Å²) in [6, 6.07) is 8.45. The molecule has 1 saturated heterocycles.